The van der Waals surface area contributed by atoms with Crippen molar-refractivity contribution >= 4 is 5.96 Å². The molecule has 0 radical (unpaired) electrons. The molecular formula is C19H31N3O3. The van der Waals surface area contributed by atoms with E-state index in [2.05, 4.69) is 29.5 Å². The van der Waals surface area contributed by atoms with Crippen molar-refractivity contribution in [3.8, 4) is 11.5 Å². The average Bonchev–Trinajstić information content (AvgIpc) is 2.63. The molecule has 0 fully saturated rings. The number of hydrogen-bond acceptors (Lipinski definition) is 4. The van der Waals surface area contributed by atoms with Crippen LogP contribution in [-0.4, -0.2) is 51.5 Å². The number of para-hydroxylation sites is 2. The molecular weight excluding hydrogens is 318 g/mol. The second-order valence-corrected chi connectivity index (χ2v) is 6.40. The van der Waals surface area contributed by atoms with Crippen LogP contribution in [0.5, 0.6) is 11.5 Å². The maximum Gasteiger partial charge on any atom is 0.191 e. The summed E-state index contributed by atoms with van der Waals surface area (Å²) in [4.78, 5) is 4.26. The van der Waals surface area contributed by atoms with E-state index in [-0.39, 0.29) is 12.2 Å². The Morgan fingerprint density at radius 1 is 1.28 bits per heavy atom. The van der Waals surface area contributed by atoms with Gasteiger partial charge in [0.1, 0.15) is 12.7 Å². The molecule has 0 spiro atoms. The molecule has 0 aromatic heterocycles. The molecule has 140 valence electrons. The molecule has 6 nitrogen and oxygen atoms in total. The summed E-state index contributed by atoms with van der Waals surface area (Å²) in [5.74, 6) is 2.86. The number of nitrogens with zero attached hydrogens (tertiary/aromatic N) is 1. The summed E-state index contributed by atoms with van der Waals surface area (Å²) in [6.45, 7) is 9.13. The highest BCUT2D eigenvalue weighted by atomic mass is 16.6. The Bertz CT molecular complexity index is 548. The second-order valence-electron chi connectivity index (χ2n) is 6.40. The molecule has 0 aliphatic carbocycles. The lowest BCUT2D eigenvalue weighted by Crippen LogP contribution is -2.46. The topological polar surface area (TPSA) is 64.1 Å². The van der Waals surface area contributed by atoms with Crippen LogP contribution in [0.4, 0.5) is 0 Å². The molecule has 25 heavy (non-hydrogen) atoms. The molecule has 2 atom stereocenters. The quantitative estimate of drug-likeness (QED) is 0.557. The van der Waals surface area contributed by atoms with Crippen molar-refractivity contribution in [2.75, 3.05) is 33.4 Å². The molecule has 1 aliphatic rings. The van der Waals surface area contributed by atoms with Crippen LogP contribution in [0.2, 0.25) is 0 Å². The van der Waals surface area contributed by atoms with Crippen LogP contribution in [0.3, 0.4) is 0 Å². The fraction of sp³-hybridized carbons (Fsp3) is 0.632. The lowest BCUT2D eigenvalue weighted by molar-refractivity contribution is 0.0258. The van der Waals surface area contributed by atoms with E-state index >= 15 is 0 Å². The van der Waals surface area contributed by atoms with Gasteiger partial charge in [-0.1, -0.05) is 26.0 Å². The first-order chi connectivity index (χ1) is 12.1. The number of ether oxygens (including phenoxy) is 3. The smallest absolute Gasteiger partial charge is 0.191 e. The van der Waals surface area contributed by atoms with E-state index in [0.29, 0.717) is 19.1 Å². The largest absolute Gasteiger partial charge is 0.486 e. The summed E-state index contributed by atoms with van der Waals surface area (Å²) in [6, 6.07) is 7.73. The van der Waals surface area contributed by atoms with Gasteiger partial charge in [-0.15, -0.1) is 0 Å². The highest BCUT2D eigenvalue weighted by molar-refractivity contribution is 5.79. The fourth-order valence-corrected chi connectivity index (χ4v) is 2.75. The van der Waals surface area contributed by atoms with Gasteiger partial charge in [0.2, 0.25) is 0 Å². The van der Waals surface area contributed by atoms with Gasteiger partial charge in [0.15, 0.2) is 17.5 Å². The maximum absolute atomic E-state index is 5.94. The van der Waals surface area contributed by atoms with E-state index < -0.39 is 0 Å². The number of nitrogens with one attached hydrogen (secondary N) is 2. The Balaban J connectivity index is 1.72. The van der Waals surface area contributed by atoms with E-state index in [0.717, 1.165) is 37.0 Å². The SMILES string of the molecule is CCOC(CCNC(=NC)NCC1COc2ccccc2O1)C(C)C. The van der Waals surface area contributed by atoms with Crippen LogP contribution in [0.15, 0.2) is 29.3 Å². The highest BCUT2D eigenvalue weighted by Gasteiger charge is 2.20. The van der Waals surface area contributed by atoms with Crippen molar-refractivity contribution in [3.05, 3.63) is 24.3 Å². The van der Waals surface area contributed by atoms with Crippen molar-refractivity contribution in [2.24, 2.45) is 10.9 Å². The van der Waals surface area contributed by atoms with Crippen LogP contribution in [0.1, 0.15) is 27.2 Å². The third-order valence-corrected chi connectivity index (χ3v) is 4.13. The molecule has 1 aromatic carbocycles. The van der Waals surface area contributed by atoms with E-state index in [9.17, 15) is 0 Å². The number of aliphatic imine (C=N–C) groups is 1. The minimum atomic E-state index is -0.0414. The number of guanidine groups is 1. The maximum atomic E-state index is 5.94. The minimum Gasteiger partial charge on any atom is -0.486 e. The standard InChI is InChI=1S/C19H31N3O3/c1-5-23-16(14(2)3)10-11-21-19(20-4)22-12-15-13-24-17-8-6-7-9-18(17)25-15/h6-9,14-16H,5,10-13H2,1-4H3,(H2,20,21,22). The van der Waals surface area contributed by atoms with Gasteiger partial charge in [-0.25, -0.2) is 0 Å². The molecule has 1 heterocycles. The summed E-state index contributed by atoms with van der Waals surface area (Å²) in [6.07, 6.45) is 1.17. The first-order valence-electron chi connectivity index (χ1n) is 9.08. The van der Waals surface area contributed by atoms with Crippen molar-refractivity contribution in [1.29, 1.82) is 0 Å². The molecule has 0 saturated carbocycles. The second kappa shape index (κ2) is 10.1. The Kier molecular flexibility index (Phi) is 7.85. The summed E-state index contributed by atoms with van der Waals surface area (Å²) in [5, 5.41) is 6.63. The summed E-state index contributed by atoms with van der Waals surface area (Å²) < 4.78 is 17.4. The lowest BCUT2D eigenvalue weighted by atomic mass is 10.0. The van der Waals surface area contributed by atoms with Crippen LogP contribution < -0.4 is 20.1 Å². The highest BCUT2D eigenvalue weighted by Crippen LogP contribution is 2.30. The zero-order valence-electron chi connectivity index (χ0n) is 15.7. The zero-order valence-corrected chi connectivity index (χ0v) is 15.7. The third kappa shape index (κ3) is 6.12. The van der Waals surface area contributed by atoms with E-state index in [1.165, 1.54) is 0 Å². The third-order valence-electron chi connectivity index (χ3n) is 4.13. The Hall–Kier alpha value is -1.95. The van der Waals surface area contributed by atoms with Crippen LogP contribution in [0.25, 0.3) is 0 Å². The van der Waals surface area contributed by atoms with Crippen molar-refractivity contribution in [1.82, 2.24) is 10.6 Å². The molecule has 6 heteroatoms. The number of benzene rings is 1. The molecule has 0 saturated heterocycles. The number of hydrogen-bond donors (Lipinski definition) is 2. The predicted octanol–water partition coefficient (Wildman–Crippen LogP) is 2.44. The van der Waals surface area contributed by atoms with Gasteiger partial charge in [0, 0.05) is 20.2 Å². The molecule has 2 unspecified atom stereocenters. The van der Waals surface area contributed by atoms with Crippen LogP contribution in [-0.2, 0) is 4.74 Å². The molecule has 2 N–H and O–H groups in total. The van der Waals surface area contributed by atoms with Crippen molar-refractivity contribution < 1.29 is 14.2 Å². The first-order valence-corrected chi connectivity index (χ1v) is 9.08. The number of fused-ring (bicyclic) bond motifs is 1. The number of rotatable bonds is 8. The Labute approximate surface area is 151 Å². The van der Waals surface area contributed by atoms with Crippen molar-refractivity contribution in [2.45, 2.75) is 39.4 Å². The molecule has 1 aromatic rings. The van der Waals surface area contributed by atoms with Gasteiger partial charge < -0.3 is 24.8 Å². The molecule has 0 amide bonds. The van der Waals surface area contributed by atoms with E-state index in [1.807, 2.05) is 31.2 Å². The van der Waals surface area contributed by atoms with Crippen LogP contribution in [0, 0.1) is 5.92 Å². The normalized spacial score (nSPS) is 18.1. The average molecular weight is 349 g/mol. The summed E-state index contributed by atoms with van der Waals surface area (Å²) in [7, 11) is 1.77. The Morgan fingerprint density at radius 3 is 2.72 bits per heavy atom. The molecule has 2 rings (SSSR count). The summed E-state index contributed by atoms with van der Waals surface area (Å²) >= 11 is 0. The minimum absolute atomic E-state index is 0.0414. The summed E-state index contributed by atoms with van der Waals surface area (Å²) in [5.41, 5.74) is 0. The van der Waals surface area contributed by atoms with Gasteiger partial charge in [-0.3, -0.25) is 4.99 Å². The lowest BCUT2D eigenvalue weighted by Gasteiger charge is -2.27. The predicted molar refractivity (Wildman–Crippen MR) is 101 cm³/mol. The van der Waals surface area contributed by atoms with E-state index in [1.54, 1.807) is 7.05 Å². The van der Waals surface area contributed by atoms with Gasteiger partial charge >= 0.3 is 0 Å². The molecule has 0 bridgehead atoms. The first kappa shape index (κ1) is 19.4. The monoisotopic (exact) mass is 349 g/mol. The van der Waals surface area contributed by atoms with Crippen molar-refractivity contribution in [3.63, 3.8) is 0 Å². The van der Waals surface area contributed by atoms with Gasteiger partial charge in [0.25, 0.3) is 0 Å². The van der Waals surface area contributed by atoms with E-state index in [4.69, 9.17) is 14.2 Å². The fourth-order valence-electron chi connectivity index (χ4n) is 2.75. The van der Waals surface area contributed by atoms with Crippen LogP contribution >= 0.6 is 0 Å². The zero-order chi connectivity index (χ0) is 18.1. The van der Waals surface area contributed by atoms with Gasteiger partial charge in [-0.05, 0) is 31.4 Å². The molecule has 1 aliphatic heterocycles. The van der Waals surface area contributed by atoms with Gasteiger partial charge in [0.05, 0.1) is 12.6 Å². The Morgan fingerprint density at radius 2 is 2.04 bits per heavy atom. The van der Waals surface area contributed by atoms with Gasteiger partial charge in [-0.2, -0.15) is 0 Å².